The molecule has 0 amide bonds. The van der Waals surface area contributed by atoms with Crippen molar-refractivity contribution in [1.82, 2.24) is 4.98 Å². The van der Waals surface area contributed by atoms with Gasteiger partial charge in [-0.3, -0.25) is 4.98 Å². The molecule has 0 aliphatic heterocycles. The van der Waals surface area contributed by atoms with Crippen LogP contribution in [-0.2, 0) is 0 Å². The van der Waals surface area contributed by atoms with Crippen LogP contribution in [0.15, 0.2) is 42.7 Å². The fraction of sp³-hybridized carbons (Fsp3) is 0.0769. The van der Waals surface area contributed by atoms with E-state index in [2.05, 4.69) is 11.1 Å². The number of aromatic nitrogens is 1. The van der Waals surface area contributed by atoms with E-state index in [0.717, 1.165) is 22.3 Å². The molecule has 1 aromatic heterocycles. The average molecular weight is 194 g/mol. The minimum absolute atomic E-state index is 0.719. The van der Waals surface area contributed by atoms with Gasteiger partial charge in [0, 0.05) is 18.0 Å². The van der Waals surface area contributed by atoms with Gasteiger partial charge in [0.05, 0.1) is 11.6 Å². The highest BCUT2D eigenvalue weighted by molar-refractivity contribution is 5.65. The molecule has 0 unspecified atom stereocenters. The van der Waals surface area contributed by atoms with E-state index in [9.17, 15) is 0 Å². The number of rotatable bonds is 1. The Hall–Kier alpha value is -2.14. The summed E-state index contributed by atoms with van der Waals surface area (Å²) in [5.74, 6) is 0. The quantitative estimate of drug-likeness (QED) is 0.699. The molecule has 0 bridgehead atoms. The zero-order valence-corrected chi connectivity index (χ0v) is 8.44. The van der Waals surface area contributed by atoms with Gasteiger partial charge in [0.25, 0.3) is 0 Å². The second kappa shape index (κ2) is 3.93. The van der Waals surface area contributed by atoms with Gasteiger partial charge in [-0.15, -0.1) is 0 Å². The van der Waals surface area contributed by atoms with Crippen molar-refractivity contribution in [3.63, 3.8) is 0 Å². The number of hydrogen-bond donors (Lipinski definition) is 0. The van der Waals surface area contributed by atoms with Gasteiger partial charge < -0.3 is 0 Å². The van der Waals surface area contributed by atoms with Crippen LogP contribution in [0.4, 0.5) is 0 Å². The maximum atomic E-state index is 8.92. The van der Waals surface area contributed by atoms with Gasteiger partial charge in [-0.25, -0.2) is 0 Å². The summed E-state index contributed by atoms with van der Waals surface area (Å²) in [5.41, 5.74) is 3.79. The van der Waals surface area contributed by atoms with Crippen LogP contribution in [0.3, 0.4) is 0 Å². The summed E-state index contributed by atoms with van der Waals surface area (Å²) in [4.78, 5) is 4.06. The molecule has 2 heteroatoms. The fourth-order valence-corrected chi connectivity index (χ4v) is 1.46. The van der Waals surface area contributed by atoms with Gasteiger partial charge in [0.2, 0.25) is 0 Å². The Bertz CT molecular complexity index is 510. The summed E-state index contributed by atoms with van der Waals surface area (Å²) in [5, 5.41) is 8.92. The van der Waals surface area contributed by atoms with Crippen LogP contribution in [0.1, 0.15) is 11.1 Å². The summed E-state index contributed by atoms with van der Waals surface area (Å²) >= 11 is 0. The van der Waals surface area contributed by atoms with Crippen LogP contribution in [0.25, 0.3) is 11.1 Å². The minimum atomic E-state index is 0.719. The van der Waals surface area contributed by atoms with Crippen molar-refractivity contribution in [3.05, 3.63) is 53.9 Å². The molecule has 15 heavy (non-hydrogen) atoms. The molecule has 0 spiro atoms. The number of hydrogen-bond acceptors (Lipinski definition) is 2. The van der Waals surface area contributed by atoms with E-state index in [1.807, 2.05) is 37.3 Å². The molecular formula is C13H10N2. The zero-order valence-electron chi connectivity index (χ0n) is 8.44. The highest BCUT2D eigenvalue weighted by Crippen LogP contribution is 2.20. The Morgan fingerprint density at radius 2 is 2.07 bits per heavy atom. The molecular weight excluding hydrogens is 184 g/mol. The third kappa shape index (κ3) is 1.87. The van der Waals surface area contributed by atoms with Crippen molar-refractivity contribution in [3.8, 4) is 17.2 Å². The van der Waals surface area contributed by atoms with Gasteiger partial charge in [-0.2, -0.15) is 5.26 Å². The van der Waals surface area contributed by atoms with Crippen LogP contribution >= 0.6 is 0 Å². The van der Waals surface area contributed by atoms with E-state index >= 15 is 0 Å². The predicted molar refractivity (Wildman–Crippen MR) is 59.1 cm³/mol. The number of pyridine rings is 1. The predicted octanol–water partition coefficient (Wildman–Crippen LogP) is 2.93. The number of nitriles is 1. The van der Waals surface area contributed by atoms with E-state index < -0.39 is 0 Å². The highest BCUT2D eigenvalue weighted by Gasteiger charge is 2.01. The van der Waals surface area contributed by atoms with Gasteiger partial charge in [-0.1, -0.05) is 18.2 Å². The fourth-order valence-electron chi connectivity index (χ4n) is 1.46. The van der Waals surface area contributed by atoms with Crippen LogP contribution in [0.2, 0.25) is 0 Å². The van der Waals surface area contributed by atoms with E-state index in [0.29, 0.717) is 0 Å². The van der Waals surface area contributed by atoms with Crippen molar-refractivity contribution in [2.45, 2.75) is 6.92 Å². The number of nitrogens with zero attached hydrogens (tertiary/aromatic N) is 2. The Morgan fingerprint density at radius 1 is 1.20 bits per heavy atom. The van der Waals surface area contributed by atoms with E-state index in [1.54, 1.807) is 12.4 Å². The molecule has 0 aliphatic carbocycles. The first-order valence-electron chi connectivity index (χ1n) is 4.72. The van der Waals surface area contributed by atoms with Gasteiger partial charge in [0.15, 0.2) is 0 Å². The molecule has 2 rings (SSSR count). The summed E-state index contributed by atoms with van der Waals surface area (Å²) < 4.78 is 0. The largest absolute Gasteiger partial charge is 0.264 e. The zero-order chi connectivity index (χ0) is 10.7. The first-order valence-corrected chi connectivity index (χ1v) is 4.72. The van der Waals surface area contributed by atoms with Crippen molar-refractivity contribution >= 4 is 0 Å². The van der Waals surface area contributed by atoms with Crippen molar-refractivity contribution in [1.29, 1.82) is 5.26 Å². The molecule has 0 saturated carbocycles. The van der Waals surface area contributed by atoms with Gasteiger partial charge in [0.1, 0.15) is 0 Å². The van der Waals surface area contributed by atoms with E-state index in [1.165, 1.54) is 0 Å². The molecule has 72 valence electrons. The minimum Gasteiger partial charge on any atom is -0.264 e. The molecule has 0 saturated heterocycles. The third-order valence-corrected chi connectivity index (χ3v) is 2.35. The van der Waals surface area contributed by atoms with Crippen LogP contribution in [0.5, 0.6) is 0 Å². The lowest BCUT2D eigenvalue weighted by Gasteiger charge is -2.02. The summed E-state index contributed by atoms with van der Waals surface area (Å²) in [7, 11) is 0. The Balaban J connectivity index is 2.52. The number of aryl methyl sites for hydroxylation is 1. The molecule has 0 aliphatic rings. The molecule has 2 aromatic rings. The molecule has 2 nitrogen and oxygen atoms in total. The second-order valence-corrected chi connectivity index (χ2v) is 3.38. The maximum Gasteiger partial charge on any atom is 0.0994 e. The van der Waals surface area contributed by atoms with Gasteiger partial charge in [-0.05, 0) is 30.2 Å². The topological polar surface area (TPSA) is 36.7 Å². The Kier molecular flexibility index (Phi) is 2.47. The normalized spacial score (nSPS) is 9.60. The lowest BCUT2D eigenvalue weighted by molar-refractivity contribution is 1.32. The van der Waals surface area contributed by atoms with Gasteiger partial charge >= 0.3 is 0 Å². The van der Waals surface area contributed by atoms with Crippen molar-refractivity contribution < 1.29 is 0 Å². The molecule has 1 aromatic carbocycles. The van der Waals surface area contributed by atoms with Crippen LogP contribution < -0.4 is 0 Å². The van der Waals surface area contributed by atoms with E-state index in [4.69, 9.17) is 5.26 Å². The molecule has 0 radical (unpaired) electrons. The molecule has 0 fully saturated rings. The smallest absolute Gasteiger partial charge is 0.0994 e. The Morgan fingerprint density at radius 3 is 2.73 bits per heavy atom. The van der Waals surface area contributed by atoms with Crippen LogP contribution in [-0.4, -0.2) is 4.98 Å². The lowest BCUT2D eigenvalue weighted by atomic mass is 10.0. The first kappa shape index (κ1) is 9.42. The standard InChI is InChI=1S/C13H10N2/c1-10-4-5-11(7-13(10)8-14)12-3-2-6-15-9-12/h2-7,9H,1H3. The first-order chi connectivity index (χ1) is 7.31. The summed E-state index contributed by atoms with van der Waals surface area (Å²) in [6, 6.07) is 11.9. The molecule has 0 N–H and O–H groups in total. The second-order valence-electron chi connectivity index (χ2n) is 3.38. The monoisotopic (exact) mass is 194 g/mol. The Labute approximate surface area is 88.8 Å². The number of benzene rings is 1. The SMILES string of the molecule is Cc1ccc(-c2cccnc2)cc1C#N. The molecule has 1 heterocycles. The van der Waals surface area contributed by atoms with Crippen LogP contribution in [0, 0.1) is 18.3 Å². The van der Waals surface area contributed by atoms with Crippen molar-refractivity contribution in [2.24, 2.45) is 0 Å². The lowest BCUT2D eigenvalue weighted by Crippen LogP contribution is -1.85. The molecule has 0 atom stereocenters. The maximum absolute atomic E-state index is 8.92. The average Bonchev–Trinajstić information content (AvgIpc) is 2.31. The van der Waals surface area contributed by atoms with Crippen molar-refractivity contribution in [2.75, 3.05) is 0 Å². The summed E-state index contributed by atoms with van der Waals surface area (Å²) in [6.45, 7) is 1.94. The van der Waals surface area contributed by atoms with E-state index in [-0.39, 0.29) is 0 Å². The highest BCUT2D eigenvalue weighted by atomic mass is 14.6. The summed E-state index contributed by atoms with van der Waals surface area (Å²) in [6.07, 6.45) is 3.54. The third-order valence-electron chi connectivity index (χ3n) is 2.35.